The van der Waals surface area contributed by atoms with Crippen LogP contribution in [-0.2, 0) is 4.74 Å². The summed E-state index contributed by atoms with van der Waals surface area (Å²) in [5.41, 5.74) is 7.31. The Kier molecular flexibility index (Phi) is 3.11. The minimum Gasteiger partial charge on any atom is -0.381 e. The minimum absolute atomic E-state index is 0.118. The van der Waals surface area contributed by atoms with Crippen LogP contribution in [0.15, 0.2) is 24.5 Å². The molecule has 1 aromatic heterocycles. The number of nitrogens with two attached hydrogens (primary N) is 1. The van der Waals surface area contributed by atoms with Crippen molar-refractivity contribution < 1.29 is 4.74 Å². The third-order valence-corrected chi connectivity index (χ3v) is 2.84. The molecule has 1 unspecified atom stereocenters. The van der Waals surface area contributed by atoms with Gasteiger partial charge >= 0.3 is 0 Å². The van der Waals surface area contributed by atoms with Gasteiger partial charge in [0.05, 0.1) is 0 Å². The van der Waals surface area contributed by atoms with E-state index in [0.29, 0.717) is 5.92 Å². The maximum absolute atomic E-state index is 6.17. The van der Waals surface area contributed by atoms with Crippen molar-refractivity contribution in [3.63, 3.8) is 0 Å². The van der Waals surface area contributed by atoms with Gasteiger partial charge in [0.25, 0.3) is 0 Å². The highest BCUT2D eigenvalue weighted by Gasteiger charge is 2.21. The highest BCUT2D eigenvalue weighted by Crippen LogP contribution is 2.27. The lowest BCUT2D eigenvalue weighted by Crippen LogP contribution is -2.27. The Hall–Kier alpha value is -0.930. The molecule has 1 aromatic rings. The smallest absolute Gasteiger partial charge is 0.0469 e. The quantitative estimate of drug-likeness (QED) is 0.772. The summed E-state index contributed by atoms with van der Waals surface area (Å²) >= 11 is 0. The Labute approximate surface area is 84.3 Å². The summed E-state index contributed by atoms with van der Waals surface area (Å²) in [7, 11) is 0. The van der Waals surface area contributed by atoms with Gasteiger partial charge in [-0.2, -0.15) is 0 Å². The Balaban J connectivity index is 2.03. The van der Waals surface area contributed by atoms with Gasteiger partial charge in [0.15, 0.2) is 0 Å². The Morgan fingerprint density at radius 2 is 2.21 bits per heavy atom. The number of aromatic nitrogens is 1. The third-order valence-electron chi connectivity index (χ3n) is 2.84. The van der Waals surface area contributed by atoms with E-state index in [1.807, 2.05) is 18.3 Å². The van der Waals surface area contributed by atoms with Crippen LogP contribution in [0.1, 0.15) is 24.4 Å². The third kappa shape index (κ3) is 2.11. The van der Waals surface area contributed by atoms with E-state index in [2.05, 4.69) is 4.98 Å². The maximum atomic E-state index is 6.17. The average Bonchev–Trinajstić information content (AvgIpc) is 2.30. The summed E-state index contributed by atoms with van der Waals surface area (Å²) in [6.07, 6.45) is 5.77. The van der Waals surface area contributed by atoms with Crippen LogP contribution in [0.3, 0.4) is 0 Å². The first-order valence-corrected chi connectivity index (χ1v) is 5.11. The van der Waals surface area contributed by atoms with Gasteiger partial charge in [-0.1, -0.05) is 6.07 Å². The molecule has 3 heteroatoms. The summed E-state index contributed by atoms with van der Waals surface area (Å²) in [6.45, 7) is 1.69. The normalized spacial score (nSPS) is 20.6. The maximum Gasteiger partial charge on any atom is 0.0469 e. The fourth-order valence-corrected chi connectivity index (χ4v) is 1.92. The van der Waals surface area contributed by atoms with Crippen LogP contribution >= 0.6 is 0 Å². The summed E-state index contributed by atoms with van der Waals surface area (Å²) in [4.78, 5) is 4.09. The molecule has 0 saturated carbocycles. The van der Waals surface area contributed by atoms with E-state index < -0.39 is 0 Å². The zero-order chi connectivity index (χ0) is 9.80. The molecule has 0 bridgehead atoms. The fraction of sp³-hybridized carbons (Fsp3) is 0.545. The van der Waals surface area contributed by atoms with Gasteiger partial charge in [-0.05, 0) is 30.4 Å². The van der Waals surface area contributed by atoms with E-state index in [0.717, 1.165) is 31.6 Å². The number of pyridine rings is 1. The molecule has 3 nitrogen and oxygen atoms in total. The Bertz CT molecular complexity index is 270. The molecule has 2 rings (SSSR count). The van der Waals surface area contributed by atoms with Gasteiger partial charge in [-0.25, -0.2) is 0 Å². The SMILES string of the molecule is NC(c1cccnc1)C1CCOCC1. The van der Waals surface area contributed by atoms with Gasteiger partial charge in [-0.3, -0.25) is 4.98 Å². The zero-order valence-corrected chi connectivity index (χ0v) is 8.23. The second kappa shape index (κ2) is 4.53. The van der Waals surface area contributed by atoms with Gasteiger partial charge < -0.3 is 10.5 Å². The van der Waals surface area contributed by atoms with Gasteiger partial charge in [0, 0.05) is 31.6 Å². The number of rotatable bonds is 2. The van der Waals surface area contributed by atoms with E-state index in [1.54, 1.807) is 6.20 Å². The van der Waals surface area contributed by atoms with E-state index in [9.17, 15) is 0 Å². The number of hydrogen-bond acceptors (Lipinski definition) is 3. The highest BCUT2D eigenvalue weighted by molar-refractivity contribution is 5.14. The summed E-state index contributed by atoms with van der Waals surface area (Å²) in [5.74, 6) is 0.549. The molecular formula is C11H16N2O. The van der Waals surface area contributed by atoms with Crippen molar-refractivity contribution in [3.8, 4) is 0 Å². The van der Waals surface area contributed by atoms with Crippen LogP contribution in [0, 0.1) is 5.92 Å². The molecule has 0 aromatic carbocycles. The molecule has 1 fully saturated rings. The second-order valence-corrected chi connectivity index (χ2v) is 3.76. The van der Waals surface area contributed by atoms with Crippen LogP contribution in [0.25, 0.3) is 0 Å². The topological polar surface area (TPSA) is 48.1 Å². The van der Waals surface area contributed by atoms with Gasteiger partial charge in [0.2, 0.25) is 0 Å². The molecule has 0 radical (unpaired) electrons. The summed E-state index contributed by atoms with van der Waals surface area (Å²) < 4.78 is 5.31. The lowest BCUT2D eigenvalue weighted by Gasteiger charge is -2.27. The van der Waals surface area contributed by atoms with Crippen LogP contribution in [-0.4, -0.2) is 18.2 Å². The number of nitrogens with zero attached hydrogens (tertiary/aromatic N) is 1. The lowest BCUT2D eigenvalue weighted by atomic mass is 9.88. The predicted molar refractivity (Wildman–Crippen MR) is 54.7 cm³/mol. The summed E-state index contributed by atoms with van der Waals surface area (Å²) in [5, 5.41) is 0. The molecule has 1 aliphatic rings. The second-order valence-electron chi connectivity index (χ2n) is 3.76. The van der Waals surface area contributed by atoms with Crippen molar-refractivity contribution in [2.45, 2.75) is 18.9 Å². The molecular weight excluding hydrogens is 176 g/mol. The first kappa shape index (κ1) is 9.62. The van der Waals surface area contributed by atoms with Crippen molar-refractivity contribution >= 4 is 0 Å². The van der Waals surface area contributed by atoms with E-state index >= 15 is 0 Å². The Morgan fingerprint density at radius 1 is 1.43 bits per heavy atom. The average molecular weight is 192 g/mol. The molecule has 2 N–H and O–H groups in total. The largest absolute Gasteiger partial charge is 0.381 e. The standard InChI is InChI=1S/C11H16N2O/c12-11(9-3-6-14-7-4-9)10-2-1-5-13-8-10/h1-2,5,8-9,11H,3-4,6-7,12H2. The molecule has 1 saturated heterocycles. The summed E-state index contributed by atoms with van der Waals surface area (Å²) in [6, 6.07) is 4.11. The predicted octanol–water partition coefficient (Wildman–Crippen LogP) is 1.51. The molecule has 0 amide bonds. The molecule has 2 heterocycles. The zero-order valence-electron chi connectivity index (χ0n) is 8.23. The van der Waals surface area contributed by atoms with Crippen molar-refractivity contribution in [1.82, 2.24) is 4.98 Å². The van der Waals surface area contributed by atoms with Crippen LogP contribution in [0.4, 0.5) is 0 Å². The molecule has 0 spiro atoms. The minimum atomic E-state index is 0.118. The molecule has 14 heavy (non-hydrogen) atoms. The highest BCUT2D eigenvalue weighted by atomic mass is 16.5. The van der Waals surface area contributed by atoms with Crippen LogP contribution in [0.5, 0.6) is 0 Å². The lowest BCUT2D eigenvalue weighted by molar-refractivity contribution is 0.0583. The number of hydrogen-bond donors (Lipinski definition) is 1. The van der Waals surface area contributed by atoms with Gasteiger partial charge in [-0.15, -0.1) is 0 Å². The van der Waals surface area contributed by atoms with Crippen molar-refractivity contribution in [2.24, 2.45) is 11.7 Å². The van der Waals surface area contributed by atoms with Crippen molar-refractivity contribution in [3.05, 3.63) is 30.1 Å². The van der Waals surface area contributed by atoms with Crippen LogP contribution < -0.4 is 5.73 Å². The van der Waals surface area contributed by atoms with Crippen LogP contribution in [0.2, 0.25) is 0 Å². The molecule has 0 aliphatic carbocycles. The van der Waals surface area contributed by atoms with Crippen molar-refractivity contribution in [1.29, 1.82) is 0 Å². The Morgan fingerprint density at radius 3 is 2.86 bits per heavy atom. The molecule has 1 atom stereocenters. The van der Waals surface area contributed by atoms with Crippen molar-refractivity contribution in [2.75, 3.05) is 13.2 Å². The van der Waals surface area contributed by atoms with E-state index in [4.69, 9.17) is 10.5 Å². The molecule has 1 aliphatic heterocycles. The fourth-order valence-electron chi connectivity index (χ4n) is 1.92. The first-order chi connectivity index (χ1) is 6.88. The van der Waals surface area contributed by atoms with E-state index in [1.165, 1.54) is 0 Å². The molecule has 76 valence electrons. The van der Waals surface area contributed by atoms with Gasteiger partial charge in [0.1, 0.15) is 0 Å². The monoisotopic (exact) mass is 192 g/mol. The number of ether oxygens (including phenoxy) is 1. The van der Waals surface area contributed by atoms with E-state index in [-0.39, 0.29) is 6.04 Å². The first-order valence-electron chi connectivity index (χ1n) is 5.11.